The van der Waals surface area contributed by atoms with Crippen LogP contribution in [-0.4, -0.2) is 31.5 Å². The number of carbonyl (C=O) groups excluding carboxylic acids is 1. The van der Waals surface area contributed by atoms with Crippen LogP contribution in [0.5, 0.6) is 0 Å². The number of hydrogen-bond acceptors (Lipinski definition) is 2. The highest BCUT2D eigenvalue weighted by Gasteiger charge is 2.10. The van der Waals surface area contributed by atoms with Gasteiger partial charge in [-0.25, -0.2) is 4.39 Å². The maximum Gasteiger partial charge on any atom is 0.251 e. The van der Waals surface area contributed by atoms with Gasteiger partial charge >= 0.3 is 0 Å². The molecule has 2 rings (SSSR count). The van der Waals surface area contributed by atoms with Gasteiger partial charge in [-0.3, -0.25) is 9.79 Å². The molecule has 0 fully saturated rings. The van der Waals surface area contributed by atoms with Gasteiger partial charge in [0.15, 0.2) is 5.96 Å². The molecule has 144 valence electrons. The van der Waals surface area contributed by atoms with E-state index in [1.807, 2.05) is 38.1 Å². The molecular weight excluding hydrogens is 343 g/mol. The largest absolute Gasteiger partial charge is 0.357 e. The molecule has 0 saturated carbocycles. The average Bonchev–Trinajstić information content (AvgIpc) is 2.67. The lowest BCUT2D eigenvalue weighted by Crippen LogP contribution is -2.39. The number of carbonyl (C=O) groups is 1. The third-order valence-corrected chi connectivity index (χ3v) is 4.10. The van der Waals surface area contributed by atoms with Gasteiger partial charge in [0.05, 0.1) is 12.6 Å². The monoisotopic (exact) mass is 370 g/mol. The lowest BCUT2D eigenvalue weighted by Gasteiger charge is -2.18. The summed E-state index contributed by atoms with van der Waals surface area (Å²) in [6.45, 7) is 7.24. The van der Waals surface area contributed by atoms with Gasteiger partial charge in [0, 0.05) is 18.7 Å². The number of rotatable bonds is 7. The summed E-state index contributed by atoms with van der Waals surface area (Å²) in [5.74, 6) is 0.291. The Bertz CT molecular complexity index is 777. The second-order valence-corrected chi connectivity index (χ2v) is 6.26. The average molecular weight is 370 g/mol. The second kappa shape index (κ2) is 10.3. The molecule has 1 amide bonds. The first-order valence-electron chi connectivity index (χ1n) is 9.15. The highest BCUT2D eigenvalue weighted by molar-refractivity contribution is 5.94. The molecule has 6 heteroatoms. The third-order valence-electron chi connectivity index (χ3n) is 4.10. The van der Waals surface area contributed by atoms with Crippen molar-refractivity contribution in [2.45, 2.75) is 26.8 Å². The quantitative estimate of drug-likeness (QED) is 0.398. The van der Waals surface area contributed by atoms with E-state index in [4.69, 9.17) is 0 Å². The summed E-state index contributed by atoms with van der Waals surface area (Å²) in [5.41, 5.74) is 2.10. The van der Waals surface area contributed by atoms with Crippen molar-refractivity contribution in [2.24, 2.45) is 4.99 Å². The van der Waals surface area contributed by atoms with Crippen molar-refractivity contribution in [3.63, 3.8) is 0 Å². The van der Waals surface area contributed by atoms with Gasteiger partial charge in [0.1, 0.15) is 5.82 Å². The standard InChI is InChI=1S/C21H27FN4O/c1-4-23-21(26-16(3)18-11-10-15(2)19(22)14-18)25-13-12-24-20(27)17-8-6-5-7-9-17/h5-11,14,16H,4,12-13H2,1-3H3,(H,24,27)(H2,23,25,26). The molecule has 0 aromatic heterocycles. The topological polar surface area (TPSA) is 65.5 Å². The molecule has 2 aromatic rings. The smallest absolute Gasteiger partial charge is 0.251 e. The number of aryl methyl sites for hydroxylation is 1. The molecule has 0 heterocycles. The Hall–Kier alpha value is -2.89. The molecule has 0 radical (unpaired) electrons. The molecule has 0 aliphatic rings. The lowest BCUT2D eigenvalue weighted by atomic mass is 10.1. The number of aliphatic imine (C=N–C) groups is 1. The Morgan fingerprint density at radius 1 is 1.15 bits per heavy atom. The summed E-state index contributed by atoms with van der Waals surface area (Å²) in [4.78, 5) is 16.5. The lowest BCUT2D eigenvalue weighted by molar-refractivity contribution is 0.0955. The van der Waals surface area contributed by atoms with Crippen molar-refractivity contribution in [2.75, 3.05) is 19.6 Å². The van der Waals surface area contributed by atoms with Gasteiger partial charge in [-0.05, 0) is 50.1 Å². The Labute approximate surface area is 160 Å². The van der Waals surface area contributed by atoms with E-state index < -0.39 is 0 Å². The highest BCUT2D eigenvalue weighted by atomic mass is 19.1. The highest BCUT2D eigenvalue weighted by Crippen LogP contribution is 2.16. The zero-order chi connectivity index (χ0) is 19.6. The predicted molar refractivity (Wildman–Crippen MR) is 107 cm³/mol. The van der Waals surface area contributed by atoms with E-state index in [9.17, 15) is 9.18 Å². The number of guanidine groups is 1. The summed E-state index contributed by atoms with van der Waals surface area (Å²) in [6.07, 6.45) is 0. The zero-order valence-electron chi connectivity index (χ0n) is 16.1. The summed E-state index contributed by atoms with van der Waals surface area (Å²) < 4.78 is 13.8. The molecule has 0 bridgehead atoms. The summed E-state index contributed by atoms with van der Waals surface area (Å²) >= 11 is 0. The molecule has 0 aliphatic heterocycles. The van der Waals surface area contributed by atoms with E-state index in [0.29, 0.717) is 36.7 Å². The van der Waals surface area contributed by atoms with Crippen LogP contribution < -0.4 is 16.0 Å². The second-order valence-electron chi connectivity index (χ2n) is 6.26. The number of nitrogens with zero attached hydrogens (tertiary/aromatic N) is 1. The Morgan fingerprint density at radius 3 is 2.56 bits per heavy atom. The first kappa shape index (κ1) is 20.4. The van der Waals surface area contributed by atoms with E-state index >= 15 is 0 Å². The van der Waals surface area contributed by atoms with Crippen molar-refractivity contribution in [1.29, 1.82) is 0 Å². The molecular formula is C21H27FN4O. The van der Waals surface area contributed by atoms with Crippen LogP contribution in [0.3, 0.4) is 0 Å². The fraction of sp³-hybridized carbons (Fsp3) is 0.333. The van der Waals surface area contributed by atoms with Crippen LogP contribution in [0.25, 0.3) is 0 Å². The Morgan fingerprint density at radius 2 is 1.89 bits per heavy atom. The van der Waals surface area contributed by atoms with Crippen molar-refractivity contribution in [1.82, 2.24) is 16.0 Å². The number of amides is 1. The summed E-state index contributed by atoms with van der Waals surface area (Å²) in [7, 11) is 0. The minimum Gasteiger partial charge on any atom is -0.357 e. The molecule has 27 heavy (non-hydrogen) atoms. The van der Waals surface area contributed by atoms with E-state index in [-0.39, 0.29) is 17.8 Å². The molecule has 0 saturated heterocycles. The van der Waals surface area contributed by atoms with Crippen molar-refractivity contribution < 1.29 is 9.18 Å². The maximum atomic E-state index is 13.8. The SMILES string of the molecule is CCNC(=NCCNC(=O)c1ccccc1)NC(C)c1ccc(C)c(F)c1. The minimum atomic E-state index is -0.216. The van der Waals surface area contributed by atoms with E-state index in [0.717, 1.165) is 5.56 Å². The molecule has 1 unspecified atom stereocenters. The first-order chi connectivity index (χ1) is 13.0. The van der Waals surface area contributed by atoms with Crippen molar-refractivity contribution >= 4 is 11.9 Å². The molecule has 0 spiro atoms. The summed E-state index contributed by atoms with van der Waals surface area (Å²) in [5, 5.41) is 9.27. The predicted octanol–water partition coefficient (Wildman–Crippen LogP) is 3.18. The van der Waals surface area contributed by atoms with Crippen LogP contribution in [-0.2, 0) is 0 Å². The molecule has 1 atom stereocenters. The fourth-order valence-electron chi connectivity index (χ4n) is 2.52. The van der Waals surface area contributed by atoms with Gasteiger partial charge in [-0.15, -0.1) is 0 Å². The van der Waals surface area contributed by atoms with Crippen molar-refractivity contribution in [3.8, 4) is 0 Å². The number of hydrogen-bond donors (Lipinski definition) is 3. The molecule has 2 aromatic carbocycles. The molecule has 3 N–H and O–H groups in total. The number of benzene rings is 2. The fourth-order valence-corrected chi connectivity index (χ4v) is 2.52. The minimum absolute atomic E-state index is 0.100. The van der Waals surface area contributed by atoms with Gasteiger partial charge in [-0.1, -0.05) is 30.3 Å². The van der Waals surface area contributed by atoms with Gasteiger partial charge < -0.3 is 16.0 Å². The van der Waals surface area contributed by atoms with E-state index in [1.54, 1.807) is 25.1 Å². The Kier molecular flexibility index (Phi) is 7.79. The van der Waals surface area contributed by atoms with Crippen LogP contribution in [0.1, 0.15) is 41.4 Å². The Balaban J connectivity index is 1.89. The summed E-state index contributed by atoms with van der Waals surface area (Å²) in [6, 6.07) is 14.2. The molecule has 5 nitrogen and oxygen atoms in total. The van der Waals surface area contributed by atoms with E-state index in [1.165, 1.54) is 6.07 Å². The van der Waals surface area contributed by atoms with Crippen LogP contribution >= 0.6 is 0 Å². The van der Waals surface area contributed by atoms with Crippen LogP contribution in [0.4, 0.5) is 4.39 Å². The van der Waals surface area contributed by atoms with Gasteiger partial charge in [0.2, 0.25) is 0 Å². The first-order valence-corrected chi connectivity index (χ1v) is 9.15. The maximum absolute atomic E-state index is 13.8. The van der Waals surface area contributed by atoms with E-state index in [2.05, 4.69) is 20.9 Å². The third kappa shape index (κ3) is 6.40. The normalized spacial score (nSPS) is 12.4. The van der Waals surface area contributed by atoms with Crippen LogP contribution in [0.2, 0.25) is 0 Å². The zero-order valence-corrected chi connectivity index (χ0v) is 16.1. The van der Waals surface area contributed by atoms with Gasteiger partial charge in [0.25, 0.3) is 5.91 Å². The van der Waals surface area contributed by atoms with Gasteiger partial charge in [-0.2, -0.15) is 0 Å². The van der Waals surface area contributed by atoms with Crippen LogP contribution in [0.15, 0.2) is 53.5 Å². The number of nitrogens with one attached hydrogen (secondary N) is 3. The molecule has 0 aliphatic carbocycles. The number of halogens is 1. The van der Waals surface area contributed by atoms with Crippen molar-refractivity contribution in [3.05, 3.63) is 71.0 Å². The van der Waals surface area contributed by atoms with Crippen LogP contribution in [0, 0.1) is 12.7 Å².